The van der Waals surface area contributed by atoms with Crippen LogP contribution in [0.1, 0.15) is 106 Å². The molecule has 0 spiro atoms. The number of aliphatic hydroxyl groups is 1. The van der Waals surface area contributed by atoms with Gasteiger partial charge in [-0.15, -0.1) is 0 Å². The summed E-state index contributed by atoms with van der Waals surface area (Å²) < 4.78 is 0. The smallest absolute Gasteiger partial charge is 0.143 e. The number of hydrogen-bond donors (Lipinski definition) is 1. The second-order valence-corrected chi connectivity index (χ2v) is 13.7. The highest BCUT2D eigenvalue weighted by atomic mass is 16.3. The molecule has 8 atom stereocenters. The summed E-state index contributed by atoms with van der Waals surface area (Å²) in [5.74, 6) is 3.81. The van der Waals surface area contributed by atoms with Gasteiger partial charge in [-0.2, -0.15) is 0 Å². The fraction of sp³-hybridized carbons (Fsp3) is 0.867. The molecule has 4 aliphatic carbocycles. The van der Waals surface area contributed by atoms with Gasteiger partial charge >= 0.3 is 0 Å². The Labute approximate surface area is 202 Å². The number of fused-ring (bicyclic) bond motifs is 5. The lowest BCUT2D eigenvalue weighted by Crippen LogP contribution is -2.50. The van der Waals surface area contributed by atoms with Gasteiger partial charge in [0.05, 0.1) is 11.0 Å². The molecule has 0 aliphatic heterocycles. The number of rotatable bonds is 6. The normalized spacial score (nSPS) is 44.1. The highest BCUT2D eigenvalue weighted by Gasteiger charge is 2.58. The Bertz CT molecular complexity index is 823. The number of aliphatic imine (C=N–C) groups is 1. The molecule has 0 radical (unpaired) electrons. The van der Waals surface area contributed by atoms with E-state index in [4.69, 9.17) is 0 Å². The van der Waals surface area contributed by atoms with Gasteiger partial charge < -0.3 is 5.11 Å². The van der Waals surface area contributed by atoms with Crippen molar-refractivity contribution < 1.29 is 9.90 Å². The van der Waals surface area contributed by atoms with Crippen molar-refractivity contribution in [2.45, 2.75) is 111 Å². The molecule has 0 aromatic heterocycles. The molecule has 0 saturated heterocycles. The van der Waals surface area contributed by atoms with Gasteiger partial charge in [0.25, 0.3) is 0 Å². The van der Waals surface area contributed by atoms with E-state index in [9.17, 15) is 9.90 Å². The zero-order valence-corrected chi connectivity index (χ0v) is 22.4. The molecule has 0 bridgehead atoms. The molecule has 4 aliphatic rings. The van der Waals surface area contributed by atoms with E-state index in [1.807, 2.05) is 20.1 Å². The Kier molecular flexibility index (Phi) is 6.56. The predicted molar refractivity (Wildman–Crippen MR) is 137 cm³/mol. The van der Waals surface area contributed by atoms with Gasteiger partial charge in [0, 0.05) is 19.7 Å². The van der Waals surface area contributed by atoms with Gasteiger partial charge in [-0.05, 0) is 119 Å². The van der Waals surface area contributed by atoms with Crippen LogP contribution in [-0.2, 0) is 4.79 Å². The zero-order chi connectivity index (χ0) is 24.2. The third kappa shape index (κ3) is 4.30. The number of nitrogens with zero attached hydrogens (tertiary/aromatic N) is 1. The number of allylic oxidation sites excluding steroid dienone is 2. The standard InChI is InChI=1S/C30H49NO2/c1-20(8-13-26(32)27(2,3)19-31-7)23-11-12-24-22-10-9-21-18-28(4,33)16-17-29(21,5)25(22)14-15-30(23,24)6/h14,19-24,33H,8-13,15-18H2,1-7H3/t20-,21+,22+,23-,24+,28+,29+,30-/m1/s1. The molecular weight excluding hydrogens is 406 g/mol. The lowest BCUT2D eigenvalue weighted by atomic mass is 9.47. The van der Waals surface area contributed by atoms with E-state index in [-0.39, 0.29) is 0 Å². The van der Waals surface area contributed by atoms with E-state index in [1.165, 1.54) is 32.1 Å². The summed E-state index contributed by atoms with van der Waals surface area (Å²) in [6, 6.07) is 0. The quantitative estimate of drug-likeness (QED) is 0.345. The van der Waals surface area contributed by atoms with Crippen LogP contribution in [0.2, 0.25) is 0 Å². The van der Waals surface area contributed by atoms with Crippen LogP contribution >= 0.6 is 0 Å². The lowest BCUT2D eigenvalue weighted by Gasteiger charge is -2.58. The van der Waals surface area contributed by atoms with E-state index >= 15 is 0 Å². The summed E-state index contributed by atoms with van der Waals surface area (Å²) >= 11 is 0. The highest BCUT2D eigenvalue weighted by molar-refractivity contribution is 5.98. The van der Waals surface area contributed by atoms with Crippen LogP contribution in [-0.4, -0.2) is 29.8 Å². The Hall–Kier alpha value is -0.960. The molecule has 4 rings (SSSR count). The van der Waals surface area contributed by atoms with Crippen molar-refractivity contribution in [2.24, 2.45) is 50.8 Å². The van der Waals surface area contributed by atoms with Gasteiger partial charge in [-0.25, -0.2) is 0 Å². The van der Waals surface area contributed by atoms with Crippen molar-refractivity contribution in [3.63, 3.8) is 0 Å². The maximum Gasteiger partial charge on any atom is 0.143 e. The molecule has 1 N–H and O–H groups in total. The van der Waals surface area contributed by atoms with Crippen molar-refractivity contribution in [3.8, 4) is 0 Å². The van der Waals surface area contributed by atoms with Crippen LogP contribution < -0.4 is 0 Å². The minimum Gasteiger partial charge on any atom is -0.390 e. The van der Waals surface area contributed by atoms with Gasteiger partial charge in [0.15, 0.2) is 0 Å². The second kappa shape index (κ2) is 8.61. The van der Waals surface area contributed by atoms with Crippen molar-refractivity contribution in [1.82, 2.24) is 0 Å². The number of ketones is 1. The fourth-order valence-electron chi connectivity index (χ4n) is 8.95. The van der Waals surface area contributed by atoms with Crippen LogP contribution in [0.3, 0.4) is 0 Å². The molecule has 0 aromatic rings. The van der Waals surface area contributed by atoms with Crippen LogP contribution in [0.25, 0.3) is 0 Å². The van der Waals surface area contributed by atoms with E-state index in [0.29, 0.717) is 40.8 Å². The Morgan fingerprint density at radius 3 is 2.64 bits per heavy atom. The Morgan fingerprint density at radius 1 is 1.21 bits per heavy atom. The maximum absolute atomic E-state index is 12.8. The van der Waals surface area contributed by atoms with Crippen molar-refractivity contribution in [3.05, 3.63) is 11.6 Å². The topological polar surface area (TPSA) is 49.7 Å². The van der Waals surface area contributed by atoms with E-state index in [2.05, 4.69) is 38.8 Å². The first kappa shape index (κ1) is 25.1. The average molecular weight is 456 g/mol. The maximum atomic E-state index is 12.8. The molecule has 33 heavy (non-hydrogen) atoms. The van der Waals surface area contributed by atoms with E-state index < -0.39 is 11.0 Å². The van der Waals surface area contributed by atoms with Gasteiger partial charge in [-0.3, -0.25) is 9.79 Å². The molecule has 3 fully saturated rings. The first-order valence-electron chi connectivity index (χ1n) is 13.7. The summed E-state index contributed by atoms with van der Waals surface area (Å²) in [5.41, 5.74) is 1.53. The Balaban J connectivity index is 1.48. The molecule has 3 saturated carbocycles. The van der Waals surface area contributed by atoms with Crippen LogP contribution in [0.15, 0.2) is 16.6 Å². The van der Waals surface area contributed by atoms with Crippen LogP contribution in [0.4, 0.5) is 0 Å². The van der Waals surface area contributed by atoms with Crippen molar-refractivity contribution in [1.29, 1.82) is 0 Å². The monoisotopic (exact) mass is 455 g/mol. The highest BCUT2D eigenvalue weighted by Crippen LogP contribution is 2.67. The molecule has 3 nitrogen and oxygen atoms in total. The number of carbonyl (C=O) groups excluding carboxylic acids is 1. The van der Waals surface area contributed by atoms with Crippen molar-refractivity contribution in [2.75, 3.05) is 7.05 Å². The SMILES string of the molecule is CN=CC(C)(C)C(=O)CC[C@@H](C)[C@H]1CC[C@H]2[C@@H]3CC[C@H]4C[C@@](C)(O)CC[C@]4(C)C3=CC[C@]12C. The van der Waals surface area contributed by atoms with Crippen LogP contribution in [0.5, 0.6) is 0 Å². The number of hydrogen-bond acceptors (Lipinski definition) is 3. The van der Waals surface area contributed by atoms with Crippen molar-refractivity contribution >= 4 is 12.0 Å². The zero-order valence-electron chi connectivity index (χ0n) is 22.4. The minimum absolute atomic E-state index is 0.301. The Morgan fingerprint density at radius 2 is 1.94 bits per heavy atom. The van der Waals surface area contributed by atoms with Gasteiger partial charge in [0.2, 0.25) is 0 Å². The predicted octanol–water partition coefficient (Wildman–Crippen LogP) is 7.03. The molecule has 0 heterocycles. The fourth-order valence-corrected chi connectivity index (χ4v) is 8.95. The molecular formula is C30H49NO2. The summed E-state index contributed by atoms with van der Waals surface area (Å²) in [7, 11) is 1.76. The molecule has 0 aromatic carbocycles. The van der Waals surface area contributed by atoms with E-state index in [1.54, 1.807) is 12.6 Å². The molecule has 186 valence electrons. The molecule has 3 heteroatoms. The average Bonchev–Trinajstić information content (AvgIpc) is 3.09. The molecule has 0 unspecified atom stereocenters. The summed E-state index contributed by atoms with van der Waals surface area (Å²) in [5, 5.41) is 10.7. The second-order valence-electron chi connectivity index (χ2n) is 13.7. The summed E-state index contributed by atoms with van der Waals surface area (Å²) in [4.78, 5) is 16.9. The minimum atomic E-state index is -0.469. The largest absolute Gasteiger partial charge is 0.390 e. The van der Waals surface area contributed by atoms with Crippen LogP contribution in [0, 0.1) is 45.8 Å². The third-order valence-electron chi connectivity index (χ3n) is 11.1. The molecule has 0 amide bonds. The number of Topliss-reactive ketones (excluding diaryl/α,β-unsaturated/α-hetero) is 1. The van der Waals surface area contributed by atoms with E-state index in [0.717, 1.165) is 37.5 Å². The first-order valence-corrected chi connectivity index (χ1v) is 13.7. The number of carbonyl (C=O) groups is 1. The van der Waals surface area contributed by atoms with Gasteiger partial charge in [0.1, 0.15) is 5.78 Å². The third-order valence-corrected chi connectivity index (χ3v) is 11.1. The summed E-state index contributed by atoms with van der Waals surface area (Å²) in [6.45, 7) is 13.6. The lowest BCUT2D eigenvalue weighted by molar-refractivity contribution is -0.124. The van der Waals surface area contributed by atoms with Gasteiger partial charge in [-0.1, -0.05) is 32.4 Å². The summed E-state index contributed by atoms with van der Waals surface area (Å²) in [6.07, 6.45) is 15.7. The first-order chi connectivity index (χ1) is 15.3.